The van der Waals surface area contributed by atoms with Gasteiger partial charge in [-0.2, -0.15) is 0 Å². The summed E-state index contributed by atoms with van der Waals surface area (Å²) < 4.78 is 7.61. The molecule has 0 saturated carbocycles. The van der Waals surface area contributed by atoms with Crippen molar-refractivity contribution in [3.05, 3.63) is 52.8 Å². The number of aromatic nitrogens is 1. The molecule has 4 heteroatoms. The van der Waals surface area contributed by atoms with Crippen molar-refractivity contribution in [2.75, 3.05) is 13.7 Å². The number of carbonyl (C=O) groups excluding carboxylic acids is 1. The minimum Gasteiger partial charge on any atom is -0.496 e. The molecule has 0 spiro atoms. The van der Waals surface area contributed by atoms with Gasteiger partial charge in [-0.1, -0.05) is 0 Å². The zero-order valence-electron chi connectivity index (χ0n) is 13.6. The van der Waals surface area contributed by atoms with Crippen molar-refractivity contribution < 1.29 is 9.53 Å². The van der Waals surface area contributed by atoms with Gasteiger partial charge in [0.05, 0.1) is 13.2 Å². The Labute approximate surface area is 131 Å². The average molecular weight is 298 g/mol. The van der Waals surface area contributed by atoms with Crippen LogP contribution in [0, 0.1) is 13.8 Å². The molecule has 0 N–H and O–H groups in total. The molecule has 1 amide bonds. The summed E-state index contributed by atoms with van der Waals surface area (Å²) in [4.78, 5) is 14.9. The van der Waals surface area contributed by atoms with Crippen molar-refractivity contribution in [3.63, 3.8) is 0 Å². The van der Waals surface area contributed by atoms with Crippen LogP contribution in [0.3, 0.4) is 0 Å². The van der Waals surface area contributed by atoms with Crippen LogP contribution in [0.25, 0.3) is 0 Å². The van der Waals surface area contributed by atoms with Crippen LogP contribution in [0.1, 0.15) is 40.1 Å². The molecule has 1 aromatic heterocycles. The predicted molar refractivity (Wildman–Crippen MR) is 86.4 cm³/mol. The molecule has 0 radical (unpaired) electrons. The first kappa shape index (κ1) is 14.7. The van der Waals surface area contributed by atoms with Gasteiger partial charge in [-0.3, -0.25) is 4.79 Å². The SMILES string of the molecule is COc1c(C)cc(C(=O)N2CCn3cccc3C2C)cc1C. The monoisotopic (exact) mass is 298 g/mol. The first-order valence-corrected chi connectivity index (χ1v) is 7.64. The summed E-state index contributed by atoms with van der Waals surface area (Å²) in [6.07, 6.45) is 2.08. The lowest BCUT2D eigenvalue weighted by molar-refractivity contribution is 0.0644. The van der Waals surface area contributed by atoms with E-state index in [9.17, 15) is 4.79 Å². The highest BCUT2D eigenvalue weighted by atomic mass is 16.5. The topological polar surface area (TPSA) is 34.5 Å². The van der Waals surface area contributed by atoms with Crippen molar-refractivity contribution in [2.24, 2.45) is 0 Å². The number of hydrogen-bond acceptors (Lipinski definition) is 2. The van der Waals surface area contributed by atoms with Gasteiger partial charge in [-0.25, -0.2) is 0 Å². The summed E-state index contributed by atoms with van der Waals surface area (Å²) in [6.45, 7) is 7.64. The molecule has 2 heterocycles. The quantitative estimate of drug-likeness (QED) is 0.852. The Morgan fingerprint density at radius 1 is 1.23 bits per heavy atom. The summed E-state index contributed by atoms with van der Waals surface area (Å²) in [5.41, 5.74) is 3.93. The average Bonchev–Trinajstić information content (AvgIpc) is 2.96. The molecule has 1 aromatic carbocycles. The van der Waals surface area contributed by atoms with E-state index < -0.39 is 0 Å². The first-order chi connectivity index (χ1) is 10.5. The predicted octanol–water partition coefficient (Wildman–Crippen LogP) is 3.33. The van der Waals surface area contributed by atoms with Gasteiger partial charge in [0.1, 0.15) is 5.75 Å². The van der Waals surface area contributed by atoms with Gasteiger partial charge in [-0.15, -0.1) is 0 Å². The summed E-state index contributed by atoms with van der Waals surface area (Å²) in [6, 6.07) is 8.08. The number of methoxy groups -OCH3 is 1. The lowest BCUT2D eigenvalue weighted by Gasteiger charge is -2.35. The molecule has 0 saturated heterocycles. The maximum Gasteiger partial charge on any atom is 0.254 e. The molecule has 1 unspecified atom stereocenters. The summed E-state index contributed by atoms with van der Waals surface area (Å²) >= 11 is 0. The van der Waals surface area contributed by atoms with Crippen LogP contribution in [-0.4, -0.2) is 29.0 Å². The van der Waals surface area contributed by atoms with E-state index in [0.29, 0.717) is 0 Å². The Kier molecular flexibility index (Phi) is 3.69. The van der Waals surface area contributed by atoms with E-state index in [1.54, 1.807) is 7.11 Å². The molecule has 3 rings (SSSR count). The summed E-state index contributed by atoms with van der Waals surface area (Å²) in [5.74, 6) is 0.950. The van der Waals surface area contributed by atoms with Gasteiger partial charge in [0.25, 0.3) is 5.91 Å². The van der Waals surface area contributed by atoms with Crippen LogP contribution >= 0.6 is 0 Å². The molecule has 116 valence electrons. The number of ether oxygens (including phenoxy) is 1. The summed E-state index contributed by atoms with van der Waals surface area (Å²) in [7, 11) is 1.66. The third-order valence-electron chi connectivity index (χ3n) is 4.51. The van der Waals surface area contributed by atoms with Crippen molar-refractivity contribution in [2.45, 2.75) is 33.4 Å². The molecule has 4 nitrogen and oxygen atoms in total. The van der Waals surface area contributed by atoms with E-state index in [1.807, 2.05) is 36.9 Å². The smallest absolute Gasteiger partial charge is 0.254 e. The maximum atomic E-state index is 12.9. The number of nitrogens with zero attached hydrogens (tertiary/aromatic N) is 2. The van der Waals surface area contributed by atoms with E-state index in [4.69, 9.17) is 4.74 Å². The van der Waals surface area contributed by atoms with E-state index in [-0.39, 0.29) is 11.9 Å². The van der Waals surface area contributed by atoms with Crippen LogP contribution in [0.2, 0.25) is 0 Å². The minimum absolute atomic E-state index is 0.0915. The Balaban J connectivity index is 1.92. The standard InChI is InChI=1S/C18H22N2O2/c1-12-10-15(11-13(2)17(12)22-4)18(21)20-9-8-19-7-5-6-16(19)14(20)3/h5-7,10-11,14H,8-9H2,1-4H3. The molecule has 1 atom stereocenters. The van der Waals surface area contributed by atoms with Gasteiger partial charge in [0.15, 0.2) is 0 Å². The van der Waals surface area contributed by atoms with Crippen LogP contribution < -0.4 is 4.74 Å². The van der Waals surface area contributed by atoms with E-state index in [2.05, 4.69) is 23.8 Å². The van der Waals surface area contributed by atoms with Crippen molar-refractivity contribution in [1.82, 2.24) is 9.47 Å². The lowest BCUT2D eigenvalue weighted by atomic mass is 10.0. The normalized spacial score (nSPS) is 17.3. The van der Waals surface area contributed by atoms with Crippen molar-refractivity contribution in [3.8, 4) is 5.75 Å². The number of rotatable bonds is 2. The Hall–Kier alpha value is -2.23. The highest BCUT2D eigenvalue weighted by molar-refractivity contribution is 5.95. The van der Waals surface area contributed by atoms with Crippen LogP contribution in [0.15, 0.2) is 30.5 Å². The number of fused-ring (bicyclic) bond motifs is 1. The van der Waals surface area contributed by atoms with Crippen molar-refractivity contribution >= 4 is 5.91 Å². The highest BCUT2D eigenvalue weighted by Gasteiger charge is 2.28. The minimum atomic E-state index is 0.0915. The highest BCUT2D eigenvalue weighted by Crippen LogP contribution is 2.29. The molecule has 0 fully saturated rings. The van der Waals surface area contributed by atoms with Gasteiger partial charge in [-0.05, 0) is 56.2 Å². The maximum absolute atomic E-state index is 12.9. The number of hydrogen-bond donors (Lipinski definition) is 0. The second-order valence-electron chi connectivity index (χ2n) is 5.94. The van der Waals surface area contributed by atoms with E-state index in [0.717, 1.165) is 35.5 Å². The molecular weight excluding hydrogens is 276 g/mol. The third kappa shape index (κ3) is 2.28. The van der Waals surface area contributed by atoms with Gasteiger partial charge in [0.2, 0.25) is 0 Å². The molecular formula is C18H22N2O2. The molecule has 0 bridgehead atoms. The van der Waals surface area contributed by atoms with Gasteiger partial charge >= 0.3 is 0 Å². The van der Waals surface area contributed by atoms with E-state index >= 15 is 0 Å². The zero-order chi connectivity index (χ0) is 15.9. The Morgan fingerprint density at radius 3 is 2.55 bits per heavy atom. The van der Waals surface area contributed by atoms with E-state index in [1.165, 1.54) is 5.69 Å². The number of amides is 1. The first-order valence-electron chi connectivity index (χ1n) is 7.64. The third-order valence-corrected chi connectivity index (χ3v) is 4.51. The number of benzene rings is 1. The number of aryl methyl sites for hydroxylation is 2. The molecule has 1 aliphatic heterocycles. The van der Waals surface area contributed by atoms with Gasteiger partial charge < -0.3 is 14.2 Å². The largest absolute Gasteiger partial charge is 0.496 e. The zero-order valence-corrected chi connectivity index (χ0v) is 13.6. The molecule has 2 aromatic rings. The molecule has 1 aliphatic rings. The fourth-order valence-electron chi connectivity index (χ4n) is 3.42. The van der Waals surface area contributed by atoms with Gasteiger partial charge in [0, 0.05) is 30.5 Å². The number of carbonyl (C=O) groups is 1. The van der Waals surface area contributed by atoms with Crippen LogP contribution in [0.4, 0.5) is 0 Å². The fraction of sp³-hybridized carbons (Fsp3) is 0.389. The second-order valence-corrected chi connectivity index (χ2v) is 5.94. The van der Waals surface area contributed by atoms with Crippen LogP contribution in [0.5, 0.6) is 5.75 Å². The molecule has 0 aliphatic carbocycles. The summed E-state index contributed by atoms with van der Waals surface area (Å²) in [5, 5.41) is 0. The Bertz CT molecular complexity index is 695. The van der Waals surface area contributed by atoms with Crippen molar-refractivity contribution in [1.29, 1.82) is 0 Å². The fourth-order valence-corrected chi connectivity index (χ4v) is 3.42. The second kappa shape index (κ2) is 5.52. The molecule has 22 heavy (non-hydrogen) atoms. The lowest BCUT2D eigenvalue weighted by Crippen LogP contribution is -2.40. The van der Waals surface area contributed by atoms with Crippen LogP contribution in [-0.2, 0) is 6.54 Å². The Morgan fingerprint density at radius 2 is 1.91 bits per heavy atom.